The predicted octanol–water partition coefficient (Wildman–Crippen LogP) is 3.15. The Hall–Kier alpha value is -3.66. The number of thiazole rings is 1. The van der Waals surface area contributed by atoms with Gasteiger partial charge in [-0.25, -0.2) is 9.67 Å². The summed E-state index contributed by atoms with van der Waals surface area (Å²) in [5.41, 5.74) is 1.29. The first-order valence-corrected chi connectivity index (χ1v) is 12.0. The molecule has 1 unspecified atom stereocenters. The number of fused-ring (bicyclic) bond motifs is 1. The quantitative estimate of drug-likeness (QED) is 0.434. The molecule has 0 spiro atoms. The van der Waals surface area contributed by atoms with Crippen molar-refractivity contribution in [2.24, 2.45) is 5.92 Å². The maximum absolute atomic E-state index is 12.9. The van der Waals surface area contributed by atoms with Crippen LogP contribution in [0.2, 0.25) is 0 Å². The van der Waals surface area contributed by atoms with Crippen molar-refractivity contribution in [1.82, 2.24) is 20.1 Å². The zero-order valence-electron chi connectivity index (χ0n) is 18.8. The lowest BCUT2D eigenvalue weighted by molar-refractivity contribution is -0.125. The molecule has 0 radical (unpaired) electrons. The number of nitrogens with one attached hydrogen (secondary N) is 1. The van der Waals surface area contributed by atoms with Gasteiger partial charge in [-0.3, -0.25) is 9.59 Å². The van der Waals surface area contributed by atoms with Gasteiger partial charge in [0.05, 0.1) is 36.1 Å². The number of benzene rings is 1. The molecule has 176 valence electrons. The normalized spacial score (nSPS) is 16.0. The highest BCUT2D eigenvalue weighted by molar-refractivity contribution is 7.22. The van der Waals surface area contributed by atoms with Gasteiger partial charge in [-0.2, -0.15) is 5.10 Å². The number of amides is 1. The summed E-state index contributed by atoms with van der Waals surface area (Å²) < 4.78 is 13.1. The first-order valence-electron chi connectivity index (χ1n) is 11.2. The van der Waals surface area contributed by atoms with Crippen LogP contribution in [0.15, 0.2) is 57.9 Å². The number of ether oxygens (including phenoxy) is 1. The molecule has 10 heteroatoms. The maximum Gasteiger partial charge on any atom is 0.266 e. The molecule has 1 aromatic carbocycles. The summed E-state index contributed by atoms with van der Waals surface area (Å²) in [6, 6.07) is 12.5. The van der Waals surface area contributed by atoms with Gasteiger partial charge in [-0.15, -0.1) is 0 Å². The summed E-state index contributed by atoms with van der Waals surface area (Å²) in [7, 11) is 1.65. The van der Waals surface area contributed by atoms with Crippen LogP contribution in [-0.2, 0) is 11.3 Å². The van der Waals surface area contributed by atoms with E-state index in [9.17, 15) is 9.59 Å². The highest BCUT2D eigenvalue weighted by Crippen LogP contribution is 2.33. The van der Waals surface area contributed by atoms with Crippen LogP contribution in [0, 0.1) is 5.92 Å². The summed E-state index contributed by atoms with van der Waals surface area (Å²) in [4.78, 5) is 32.0. The van der Waals surface area contributed by atoms with E-state index in [1.807, 2.05) is 18.2 Å². The van der Waals surface area contributed by atoms with E-state index in [2.05, 4.69) is 15.3 Å². The fourth-order valence-electron chi connectivity index (χ4n) is 4.11. The van der Waals surface area contributed by atoms with Crippen LogP contribution in [0.3, 0.4) is 0 Å². The first kappa shape index (κ1) is 22.1. The van der Waals surface area contributed by atoms with Crippen molar-refractivity contribution < 1.29 is 13.9 Å². The number of nitrogens with zero attached hydrogens (tertiary/aromatic N) is 4. The summed E-state index contributed by atoms with van der Waals surface area (Å²) in [6.07, 6.45) is 3.31. The van der Waals surface area contributed by atoms with Crippen LogP contribution in [0.4, 0.5) is 5.13 Å². The number of carbonyl (C=O) groups excluding carboxylic acids is 1. The van der Waals surface area contributed by atoms with Gasteiger partial charge in [0.1, 0.15) is 11.4 Å². The highest BCUT2D eigenvalue weighted by atomic mass is 32.1. The lowest BCUT2D eigenvalue weighted by Crippen LogP contribution is -2.44. The van der Waals surface area contributed by atoms with Gasteiger partial charge in [0.15, 0.2) is 10.9 Å². The molecule has 1 fully saturated rings. The van der Waals surface area contributed by atoms with Gasteiger partial charge < -0.3 is 19.4 Å². The molecule has 1 atom stereocenters. The third-order valence-electron chi connectivity index (χ3n) is 5.91. The van der Waals surface area contributed by atoms with E-state index in [-0.39, 0.29) is 23.9 Å². The zero-order valence-corrected chi connectivity index (χ0v) is 19.6. The number of piperidine rings is 1. The fraction of sp³-hybridized carbons (Fsp3) is 0.333. The Morgan fingerprint density at radius 3 is 3.03 bits per heavy atom. The Kier molecular flexibility index (Phi) is 6.31. The number of methoxy groups -OCH3 is 1. The van der Waals surface area contributed by atoms with Crippen LogP contribution in [0.5, 0.6) is 5.75 Å². The summed E-state index contributed by atoms with van der Waals surface area (Å²) >= 11 is 1.61. The predicted molar refractivity (Wildman–Crippen MR) is 130 cm³/mol. The van der Waals surface area contributed by atoms with Crippen molar-refractivity contribution in [1.29, 1.82) is 0 Å². The van der Waals surface area contributed by atoms with Gasteiger partial charge in [-0.1, -0.05) is 11.3 Å². The van der Waals surface area contributed by atoms with Crippen LogP contribution >= 0.6 is 11.3 Å². The molecular weight excluding hydrogens is 454 g/mol. The summed E-state index contributed by atoms with van der Waals surface area (Å²) in [5, 5.41) is 8.24. The molecule has 4 aromatic rings. The van der Waals surface area contributed by atoms with Gasteiger partial charge in [0.25, 0.3) is 5.56 Å². The number of hydrogen-bond acceptors (Lipinski definition) is 8. The largest absolute Gasteiger partial charge is 0.497 e. The lowest BCUT2D eigenvalue weighted by atomic mass is 9.97. The molecular formula is C24H25N5O4S. The molecule has 34 heavy (non-hydrogen) atoms. The summed E-state index contributed by atoms with van der Waals surface area (Å²) in [5.74, 6) is 1.26. The minimum Gasteiger partial charge on any atom is -0.497 e. The van der Waals surface area contributed by atoms with Crippen molar-refractivity contribution in [3.8, 4) is 17.2 Å². The van der Waals surface area contributed by atoms with E-state index in [1.165, 1.54) is 10.7 Å². The second-order valence-electron chi connectivity index (χ2n) is 8.16. The van der Waals surface area contributed by atoms with Crippen LogP contribution < -0.4 is 20.5 Å². The van der Waals surface area contributed by atoms with Crippen molar-refractivity contribution in [3.63, 3.8) is 0 Å². The van der Waals surface area contributed by atoms with E-state index >= 15 is 0 Å². The molecule has 0 aliphatic carbocycles. The number of anilines is 1. The molecule has 1 saturated heterocycles. The molecule has 0 saturated carbocycles. The van der Waals surface area contributed by atoms with Crippen LogP contribution in [0.25, 0.3) is 21.7 Å². The number of hydrogen-bond donors (Lipinski definition) is 1. The molecule has 1 N–H and O–H groups in total. The first-order chi connectivity index (χ1) is 16.6. The van der Waals surface area contributed by atoms with E-state index in [1.54, 1.807) is 42.9 Å². The Labute approximate surface area is 200 Å². The van der Waals surface area contributed by atoms with E-state index in [4.69, 9.17) is 14.1 Å². The number of carbonyl (C=O) groups is 1. The smallest absolute Gasteiger partial charge is 0.266 e. The van der Waals surface area contributed by atoms with Crippen molar-refractivity contribution >= 4 is 32.6 Å². The standard InChI is InChI=1S/C24H25N5O4S/c1-32-17-6-7-19-21(14-17)34-24(26-19)28-11-2-4-16(15-28)23(31)25-10-12-29-22(30)9-8-18(27-29)20-5-3-13-33-20/h3,5-9,13-14,16H,2,4,10-12,15H2,1H3,(H,25,31). The van der Waals surface area contributed by atoms with Gasteiger partial charge in [0.2, 0.25) is 5.91 Å². The number of aromatic nitrogens is 3. The molecule has 1 aliphatic heterocycles. The molecule has 3 aromatic heterocycles. The molecule has 5 rings (SSSR count). The van der Waals surface area contributed by atoms with Crippen molar-refractivity contribution in [2.75, 3.05) is 31.6 Å². The second kappa shape index (κ2) is 9.68. The van der Waals surface area contributed by atoms with Gasteiger partial charge in [0, 0.05) is 25.7 Å². The monoisotopic (exact) mass is 479 g/mol. The second-order valence-corrected chi connectivity index (χ2v) is 9.17. The third-order valence-corrected chi connectivity index (χ3v) is 6.99. The van der Waals surface area contributed by atoms with Crippen LogP contribution in [0.1, 0.15) is 12.8 Å². The highest BCUT2D eigenvalue weighted by Gasteiger charge is 2.27. The van der Waals surface area contributed by atoms with Crippen molar-refractivity contribution in [3.05, 3.63) is 59.1 Å². The maximum atomic E-state index is 12.9. The van der Waals surface area contributed by atoms with Crippen molar-refractivity contribution in [2.45, 2.75) is 19.4 Å². The molecule has 1 amide bonds. The summed E-state index contributed by atoms with van der Waals surface area (Å²) in [6.45, 7) is 2.11. The fourth-order valence-corrected chi connectivity index (χ4v) is 5.14. The average Bonchev–Trinajstić information content (AvgIpc) is 3.55. The van der Waals surface area contributed by atoms with E-state index < -0.39 is 0 Å². The van der Waals surface area contributed by atoms with E-state index in [0.29, 0.717) is 24.5 Å². The number of rotatable bonds is 7. The Balaban J connectivity index is 1.19. The topological polar surface area (TPSA) is 102 Å². The zero-order chi connectivity index (χ0) is 23.5. The minimum absolute atomic E-state index is 0.0114. The number of furan rings is 1. The Bertz CT molecular complexity index is 1350. The molecule has 4 heterocycles. The van der Waals surface area contributed by atoms with E-state index in [0.717, 1.165) is 40.5 Å². The molecule has 0 bridgehead atoms. The van der Waals surface area contributed by atoms with Gasteiger partial charge >= 0.3 is 0 Å². The minimum atomic E-state index is -0.221. The van der Waals surface area contributed by atoms with Gasteiger partial charge in [-0.05, 0) is 49.2 Å². The molecule has 1 aliphatic rings. The molecule has 9 nitrogen and oxygen atoms in total. The Morgan fingerprint density at radius 2 is 2.21 bits per heavy atom. The average molecular weight is 480 g/mol. The third kappa shape index (κ3) is 4.67. The van der Waals surface area contributed by atoms with Crippen LogP contribution in [-0.4, -0.2) is 47.4 Å². The SMILES string of the molecule is COc1ccc2nc(N3CCCC(C(=O)NCCn4nc(-c5ccco5)ccc4=O)C3)sc2c1. The lowest BCUT2D eigenvalue weighted by Gasteiger charge is -2.31. The Morgan fingerprint density at radius 1 is 1.29 bits per heavy atom.